The summed E-state index contributed by atoms with van der Waals surface area (Å²) in [6.07, 6.45) is 0.842. The van der Waals surface area contributed by atoms with Crippen LogP contribution in [0.25, 0.3) is 0 Å². The molecule has 0 aromatic carbocycles. The summed E-state index contributed by atoms with van der Waals surface area (Å²) in [7, 11) is 1.78. The van der Waals surface area contributed by atoms with Crippen LogP contribution in [0.1, 0.15) is 16.8 Å². The Morgan fingerprint density at radius 3 is 2.88 bits per heavy atom. The van der Waals surface area contributed by atoms with Crippen LogP contribution in [0.2, 0.25) is 0 Å². The molecule has 1 fully saturated rings. The molecule has 0 aliphatic carbocycles. The molecule has 0 radical (unpaired) electrons. The Kier molecular flexibility index (Phi) is 4.03. The molecular formula is C11H13IN2O2S. The van der Waals surface area contributed by atoms with Crippen molar-refractivity contribution in [1.82, 2.24) is 9.80 Å². The molecule has 0 N–H and O–H groups in total. The van der Waals surface area contributed by atoms with Crippen molar-refractivity contribution in [2.24, 2.45) is 0 Å². The molecular weight excluding hydrogens is 351 g/mol. The van der Waals surface area contributed by atoms with Gasteiger partial charge in [0.1, 0.15) is 6.54 Å². The molecule has 2 amide bonds. The number of halogens is 1. The molecule has 1 aliphatic heterocycles. The maximum absolute atomic E-state index is 12.2. The number of hydrogen-bond acceptors (Lipinski definition) is 3. The van der Waals surface area contributed by atoms with Crippen molar-refractivity contribution >= 4 is 45.7 Å². The zero-order valence-corrected chi connectivity index (χ0v) is 12.5. The van der Waals surface area contributed by atoms with Crippen LogP contribution in [0, 0.1) is 2.88 Å². The predicted molar refractivity (Wildman–Crippen MR) is 75.2 cm³/mol. The van der Waals surface area contributed by atoms with E-state index in [-0.39, 0.29) is 18.4 Å². The Bertz CT molecular complexity index is 446. The van der Waals surface area contributed by atoms with Gasteiger partial charge in [0.15, 0.2) is 0 Å². The minimum atomic E-state index is -0.0344. The number of nitrogens with zero attached hydrogens (tertiary/aromatic N) is 2. The first-order valence-electron chi connectivity index (χ1n) is 5.35. The summed E-state index contributed by atoms with van der Waals surface area (Å²) in [5.74, 6) is -0.0198. The Morgan fingerprint density at radius 2 is 2.24 bits per heavy atom. The summed E-state index contributed by atoms with van der Waals surface area (Å²) in [5.41, 5.74) is 0.691. The van der Waals surface area contributed by atoms with Gasteiger partial charge in [0.2, 0.25) is 5.91 Å². The normalized spacial score (nSPS) is 17.2. The summed E-state index contributed by atoms with van der Waals surface area (Å²) in [6, 6.07) is 1.87. The van der Waals surface area contributed by atoms with E-state index in [1.54, 1.807) is 28.2 Å². The Balaban J connectivity index is 2.11. The number of thiophene rings is 1. The largest absolute Gasteiger partial charge is 0.344 e. The van der Waals surface area contributed by atoms with Gasteiger partial charge in [0.25, 0.3) is 5.91 Å². The number of hydrogen-bond donors (Lipinski definition) is 0. The fourth-order valence-corrected chi connectivity index (χ4v) is 3.08. The molecule has 1 aliphatic rings. The van der Waals surface area contributed by atoms with E-state index in [9.17, 15) is 9.59 Å². The van der Waals surface area contributed by atoms with E-state index >= 15 is 0 Å². The van der Waals surface area contributed by atoms with Gasteiger partial charge in [-0.25, -0.2) is 0 Å². The fraction of sp³-hybridized carbons (Fsp3) is 0.455. The van der Waals surface area contributed by atoms with Gasteiger partial charge in [0.05, 0.1) is 8.45 Å². The lowest BCUT2D eigenvalue weighted by Crippen LogP contribution is -2.37. The highest BCUT2D eigenvalue weighted by molar-refractivity contribution is 14.1. The molecule has 2 heterocycles. The average molecular weight is 364 g/mol. The van der Waals surface area contributed by atoms with Crippen LogP contribution in [-0.2, 0) is 4.79 Å². The minimum Gasteiger partial charge on any atom is -0.344 e. The van der Waals surface area contributed by atoms with Crippen molar-refractivity contribution in [1.29, 1.82) is 0 Å². The second-order valence-corrected chi connectivity index (χ2v) is 6.84. The number of rotatable bonds is 1. The molecule has 0 atom stereocenters. The Hall–Kier alpha value is -0.630. The van der Waals surface area contributed by atoms with Crippen molar-refractivity contribution in [2.75, 3.05) is 26.7 Å². The van der Waals surface area contributed by atoms with Crippen molar-refractivity contribution in [2.45, 2.75) is 6.42 Å². The molecule has 0 saturated carbocycles. The standard InChI is InChI=1S/C11H13IN2O2S/c1-13-3-2-4-14(6-10(13)15)11(16)8-5-9(12)17-7-8/h5,7H,2-4,6H2,1H3. The quantitative estimate of drug-likeness (QED) is 0.712. The van der Waals surface area contributed by atoms with E-state index in [2.05, 4.69) is 22.6 Å². The summed E-state index contributed by atoms with van der Waals surface area (Å²) >= 11 is 3.74. The van der Waals surface area contributed by atoms with Gasteiger partial charge in [-0.1, -0.05) is 0 Å². The van der Waals surface area contributed by atoms with Gasteiger partial charge >= 0.3 is 0 Å². The second kappa shape index (κ2) is 5.34. The molecule has 92 valence electrons. The molecule has 6 heteroatoms. The number of amides is 2. The van der Waals surface area contributed by atoms with Crippen LogP contribution in [0.3, 0.4) is 0 Å². The van der Waals surface area contributed by atoms with Gasteiger partial charge in [-0.3, -0.25) is 9.59 Å². The molecule has 1 aromatic heterocycles. The smallest absolute Gasteiger partial charge is 0.255 e. The lowest BCUT2D eigenvalue weighted by molar-refractivity contribution is -0.129. The van der Waals surface area contributed by atoms with E-state index < -0.39 is 0 Å². The highest BCUT2D eigenvalue weighted by Gasteiger charge is 2.24. The highest BCUT2D eigenvalue weighted by Crippen LogP contribution is 2.18. The fourth-order valence-electron chi connectivity index (χ4n) is 1.76. The van der Waals surface area contributed by atoms with Crippen LogP contribution in [-0.4, -0.2) is 48.3 Å². The van der Waals surface area contributed by atoms with Crippen LogP contribution in [0.5, 0.6) is 0 Å². The third kappa shape index (κ3) is 2.98. The maximum Gasteiger partial charge on any atom is 0.255 e. The predicted octanol–water partition coefficient (Wildman–Crippen LogP) is 1.66. The first-order chi connectivity index (χ1) is 8.08. The third-order valence-corrected chi connectivity index (χ3v) is 4.56. The summed E-state index contributed by atoms with van der Waals surface area (Å²) in [6.45, 7) is 1.58. The second-order valence-electron chi connectivity index (χ2n) is 4.04. The number of carbonyl (C=O) groups excluding carboxylic acids is 2. The molecule has 1 saturated heterocycles. The van der Waals surface area contributed by atoms with Crippen LogP contribution in [0.15, 0.2) is 11.4 Å². The number of carbonyl (C=O) groups is 2. The van der Waals surface area contributed by atoms with E-state index in [0.717, 1.165) is 15.8 Å². The van der Waals surface area contributed by atoms with Crippen molar-refractivity contribution in [3.05, 3.63) is 19.9 Å². The van der Waals surface area contributed by atoms with Crippen molar-refractivity contribution in [3.8, 4) is 0 Å². The number of likely N-dealkylation sites (N-methyl/N-ethyl adjacent to an activating group) is 1. The van der Waals surface area contributed by atoms with Gasteiger partial charge in [-0.15, -0.1) is 11.3 Å². The lowest BCUT2D eigenvalue weighted by atomic mass is 10.3. The van der Waals surface area contributed by atoms with E-state index in [1.165, 1.54) is 0 Å². The summed E-state index contributed by atoms with van der Waals surface area (Å²) in [5, 5.41) is 1.85. The average Bonchev–Trinajstić information content (AvgIpc) is 2.65. The lowest BCUT2D eigenvalue weighted by Gasteiger charge is -2.19. The van der Waals surface area contributed by atoms with Crippen molar-refractivity contribution < 1.29 is 9.59 Å². The van der Waals surface area contributed by atoms with E-state index in [0.29, 0.717) is 12.1 Å². The SMILES string of the molecule is CN1CCCN(C(=O)c2csc(I)c2)CC1=O. The van der Waals surface area contributed by atoms with Gasteiger partial charge in [-0.05, 0) is 35.1 Å². The van der Waals surface area contributed by atoms with Crippen molar-refractivity contribution in [3.63, 3.8) is 0 Å². The van der Waals surface area contributed by atoms with E-state index in [1.807, 2.05) is 11.4 Å². The maximum atomic E-state index is 12.2. The molecule has 2 rings (SSSR count). The zero-order chi connectivity index (χ0) is 12.4. The Labute approximate surface area is 118 Å². The molecule has 4 nitrogen and oxygen atoms in total. The van der Waals surface area contributed by atoms with Crippen LogP contribution >= 0.6 is 33.9 Å². The summed E-state index contributed by atoms with van der Waals surface area (Å²) < 4.78 is 1.09. The topological polar surface area (TPSA) is 40.6 Å². The molecule has 0 bridgehead atoms. The molecule has 0 spiro atoms. The third-order valence-electron chi connectivity index (χ3n) is 2.78. The van der Waals surface area contributed by atoms with Gasteiger partial charge in [-0.2, -0.15) is 0 Å². The minimum absolute atomic E-state index is 0.0146. The first kappa shape index (κ1) is 12.8. The van der Waals surface area contributed by atoms with E-state index in [4.69, 9.17) is 0 Å². The molecule has 0 unspecified atom stereocenters. The highest BCUT2D eigenvalue weighted by atomic mass is 127. The first-order valence-corrected chi connectivity index (χ1v) is 7.31. The van der Waals surface area contributed by atoms with Gasteiger partial charge < -0.3 is 9.80 Å². The zero-order valence-electron chi connectivity index (χ0n) is 9.48. The summed E-state index contributed by atoms with van der Waals surface area (Å²) in [4.78, 5) is 27.2. The monoisotopic (exact) mass is 364 g/mol. The van der Waals surface area contributed by atoms with Crippen LogP contribution < -0.4 is 0 Å². The molecule has 1 aromatic rings. The Morgan fingerprint density at radius 1 is 1.47 bits per heavy atom. The van der Waals surface area contributed by atoms with Gasteiger partial charge in [0, 0.05) is 25.5 Å². The van der Waals surface area contributed by atoms with Crippen LogP contribution in [0.4, 0.5) is 0 Å². The molecule has 17 heavy (non-hydrogen) atoms.